The van der Waals surface area contributed by atoms with Crippen LogP contribution < -0.4 is 10.5 Å². The fourth-order valence-electron chi connectivity index (χ4n) is 1.24. The smallest absolute Gasteiger partial charge is 0.272 e. The lowest BCUT2D eigenvalue weighted by atomic mass is 10.1. The molecule has 0 saturated heterocycles. The summed E-state index contributed by atoms with van der Waals surface area (Å²) in [6.07, 6.45) is -2.59. The summed E-state index contributed by atoms with van der Waals surface area (Å²) in [4.78, 5) is 0. The van der Waals surface area contributed by atoms with Crippen molar-refractivity contribution in [2.24, 2.45) is 5.73 Å². The van der Waals surface area contributed by atoms with Crippen LogP contribution in [0.5, 0.6) is 5.75 Å². The Hall–Kier alpha value is -1.23. The molecule has 0 heterocycles. The highest BCUT2D eigenvalue weighted by Gasteiger charge is 2.14. The van der Waals surface area contributed by atoms with E-state index < -0.39 is 24.9 Å². The molecule has 0 aromatic heterocycles. The molecule has 0 aliphatic rings. The Bertz CT molecular complexity index is 328. The second-order valence-electron chi connectivity index (χ2n) is 3.14. The van der Waals surface area contributed by atoms with E-state index in [1.54, 1.807) is 6.92 Å². The fraction of sp³-hybridized carbons (Fsp3) is 0.400. The average Bonchev–Trinajstić information content (AvgIpc) is 2.13. The number of ether oxygens (including phenoxy) is 1. The van der Waals surface area contributed by atoms with E-state index in [-0.39, 0.29) is 11.3 Å². The van der Waals surface area contributed by atoms with Crippen LogP contribution >= 0.6 is 0 Å². The van der Waals surface area contributed by atoms with Crippen LogP contribution in [0.15, 0.2) is 18.2 Å². The molecule has 84 valence electrons. The van der Waals surface area contributed by atoms with Gasteiger partial charge in [0, 0.05) is 11.6 Å². The van der Waals surface area contributed by atoms with Crippen LogP contribution in [0.1, 0.15) is 18.5 Å². The summed E-state index contributed by atoms with van der Waals surface area (Å²) in [6.45, 7) is 0.802. The SMILES string of the molecule is CC(N)c1c(F)cccc1OCC(F)F. The lowest BCUT2D eigenvalue weighted by molar-refractivity contribution is 0.0810. The minimum absolute atomic E-state index is 0.0744. The van der Waals surface area contributed by atoms with E-state index in [1.807, 2.05) is 0 Å². The summed E-state index contributed by atoms with van der Waals surface area (Å²) in [7, 11) is 0. The summed E-state index contributed by atoms with van der Waals surface area (Å²) in [5.41, 5.74) is 5.64. The summed E-state index contributed by atoms with van der Waals surface area (Å²) < 4.78 is 41.9. The molecular weight excluding hydrogens is 207 g/mol. The van der Waals surface area contributed by atoms with Gasteiger partial charge in [0.25, 0.3) is 6.43 Å². The lowest BCUT2D eigenvalue weighted by Crippen LogP contribution is -2.13. The van der Waals surface area contributed by atoms with E-state index in [1.165, 1.54) is 18.2 Å². The Labute approximate surface area is 85.8 Å². The van der Waals surface area contributed by atoms with Crippen LogP contribution in [0.4, 0.5) is 13.2 Å². The molecule has 1 atom stereocenters. The van der Waals surface area contributed by atoms with Crippen molar-refractivity contribution in [3.05, 3.63) is 29.6 Å². The Balaban J connectivity index is 2.91. The normalized spacial score (nSPS) is 12.9. The maximum atomic E-state index is 13.3. The van der Waals surface area contributed by atoms with Crippen LogP contribution in [-0.2, 0) is 0 Å². The Morgan fingerprint density at radius 3 is 2.60 bits per heavy atom. The molecule has 2 N–H and O–H groups in total. The zero-order valence-electron chi connectivity index (χ0n) is 8.21. The highest BCUT2D eigenvalue weighted by atomic mass is 19.3. The van der Waals surface area contributed by atoms with Gasteiger partial charge in [-0.25, -0.2) is 13.2 Å². The molecule has 0 aliphatic carbocycles. The maximum Gasteiger partial charge on any atom is 0.272 e. The second-order valence-corrected chi connectivity index (χ2v) is 3.14. The molecule has 5 heteroatoms. The van der Waals surface area contributed by atoms with E-state index in [0.29, 0.717) is 0 Å². The number of alkyl halides is 2. The molecule has 1 aromatic carbocycles. The highest BCUT2D eigenvalue weighted by Crippen LogP contribution is 2.26. The second kappa shape index (κ2) is 5.02. The first-order chi connectivity index (χ1) is 7.02. The molecule has 1 aromatic rings. The van der Waals surface area contributed by atoms with Crippen LogP contribution in [0.25, 0.3) is 0 Å². The predicted molar refractivity (Wildman–Crippen MR) is 50.5 cm³/mol. The molecule has 15 heavy (non-hydrogen) atoms. The summed E-state index contributed by atoms with van der Waals surface area (Å²) >= 11 is 0. The van der Waals surface area contributed by atoms with Gasteiger partial charge in [0.1, 0.15) is 18.2 Å². The number of nitrogens with two attached hydrogens (primary N) is 1. The van der Waals surface area contributed by atoms with Crippen molar-refractivity contribution < 1.29 is 17.9 Å². The molecule has 2 nitrogen and oxygen atoms in total. The Morgan fingerprint density at radius 2 is 2.07 bits per heavy atom. The first kappa shape index (κ1) is 11.8. The number of benzene rings is 1. The van der Waals surface area contributed by atoms with Gasteiger partial charge >= 0.3 is 0 Å². The van der Waals surface area contributed by atoms with Gasteiger partial charge in [-0.2, -0.15) is 0 Å². The first-order valence-corrected chi connectivity index (χ1v) is 4.47. The third kappa shape index (κ3) is 3.13. The van der Waals surface area contributed by atoms with E-state index >= 15 is 0 Å². The topological polar surface area (TPSA) is 35.2 Å². The van der Waals surface area contributed by atoms with Crippen molar-refractivity contribution in [1.82, 2.24) is 0 Å². The molecule has 1 rings (SSSR count). The number of hydrogen-bond donors (Lipinski definition) is 1. The minimum atomic E-state index is -2.59. The lowest BCUT2D eigenvalue weighted by Gasteiger charge is -2.14. The molecule has 0 amide bonds. The van der Waals surface area contributed by atoms with Gasteiger partial charge in [0.2, 0.25) is 0 Å². The van der Waals surface area contributed by atoms with Crippen molar-refractivity contribution in [2.75, 3.05) is 6.61 Å². The van der Waals surface area contributed by atoms with Gasteiger partial charge in [0.05, 0.1) is 0 Å². The summed E-state index contributed by atoms with van der Waals surface area (Å²) in [5.74, 6) is -0.470. The molecular formula is C10H12F3NO. The van der Waals surface area contributed by atoms with E-state index in [9.17, 15) is 13.2 Å². The number of rotatable bonds is 4. The zero-order chi connectivity index (χ0) is 11.4. The predicted octanol–water partition coefficient (Wildman–Crippen LogP) is 2.49. The quantitative estimate of drug-likeness (QED) is 0.844. The third-order valence-electron chi connectivity index (χ3n) is 1.83. The minimum Gasteiger partial charge on any atom is -0.487 e. The molecule has 0 radical (unpaired) electrons. The van der Waals surface area contributed by atoms with Gasteiger partial charge in [-0.15, -0.1) is 0 Å². The molecule has 0 bridgehead atoms. The van der Waals surface area contributed by atoms with E-state index in [2.05, 4.69) is 0 Å². The Morgan fingerprint density at radius 1 is 1.40 bits per heavy atom. The Kier molecular flexibility index (Phi) is 3.96. The third-order valence-corrected chi connectivity index (χ3v) is 1.83. The largest absolute Gasteiger partial charge is 0.487 e. The van der Waals surface area contributed by atoms with Gasteiger partial charge < -0.3 is 10.5 Å². The standard InChI is InChI=1S/C10H12F3NO/c1-6(14)10-7(11)3-2-4-8(10)15-5-9(12)13/h2-4,6,9H,5,14H2,1H3. The summed E-state index contributed by atoms with van der Waals surface area (Å²) in [6, 6.07) is 3.43. The van der Waals surface area contributed by atoms with Crippen molar-refractivity contribution >= 4 is 0 Å². The van der Waals surface area contributed by atoms with Crippen molar-refractivity contribution in [3.63, 3.8) is 0 Å². The number of halogens is 3. The van der Waals surface area contributed by atoms with Crippen molar-refractivity contribution in [3.8, 4) is 5.75 Å². The molecule has 0 saturated carbocycles. The van der Waals surface area contributed by atoms with Gasteiger partial charge in [-0.3, -0.25) is 0 Å². The van der Waals surface area contributed by atoms with Crippen LogP contribution in [-0.4, -0.2) is 13.0 Å². The van der Waals surface area contributed by atoms with Crippen molar-refractivity contribution in [1.29, 1.82) is 0 Å². The van der Waals surface area contributed by atoms with Gasteiger partial charge in [-0.1, -0.05) is 6.07 Å². The van der Waals surface area contributed by atoms with Gasteiger partial charge in [0.15, 0.2) is 0 Å². The van der Waals surface area contributed by atoms with Gasteiger partial charge in [-0.05, 0) is 19.1 Å². The fourth-order valence-corrected chi connectivity index (χ4v) is 1.24. The monoisotopic (exact) mass is 219 g/mol. The molecule has 0 spiro atoms. The average molecular weight is 219 g/mol. The van der Waals surface area contributed by atoms with Crippen LogP contribution in [0, 0.1) is 5.82 Å². The highest BCUT2D eigenvalue weighted by molar-refractivity contribution is 5.36. The molecule has 1 unspecified atom stereocenters. The maximum absolute atomic E-state index is 13.3. The van der Waals surface area contributed by atoms with Crippen LogP contribution in [0.2, 0.25) is 0 Å². The molecule has 0 fully saturated rings. The molecule has 0 aliphatic heterocycles. The number of hydrogen-bond acceptors (Lipinski definition) is 2. The first-order valence-electron chi connectivity index (χ1n) is 4.47. The van der Waals surface area contributed by atoms with Crippen molar-refractivity contribution in [2.45, 2.75) is 19.4 Å². The summed E-state index contributed by atoms with van der Waals surface area (Å²) in [5, 5.41) is 0. The van der Waals surface area contributed by atoms with E-state index in [0.717, 1.165) is 0 Å². The van der Waals surface area contributed by atoms with E-state index in [4.69, 9.17) is 10.5 Å². The van der Waals surface area contributed by atoms with Crippen LogP contribution in [0.3, 0.4) is 0 Å². The zero-order valence-corrected chi connectivity index (χ0v) is 8.21.